The summed E-state index contributed by atoms with van der Waals surface area (Å²) in [4.78, 5) is 46.0. The molecule has 88 valence electrons. The van der Waals surface area contributed by atoms with E-state index in [-0.39, 0.29) is 5.82 Å². The predicted octanol–water partition coefficient (Wildman–Crippen LogP) is 0.248. The fourth-order valence-electron chi connectivity index (χ4n) is 1.27. The van der Waals surface area contributed by atoms with Gasteiger partial charge in [-0.25, -0.2) is 9.80 Å². The summed E-state index contributed by atoms with van der Waals surface area (Å²) in [7, 11) is 0. The minimum absolute atomic E-state index is 0.250. The first kappa shape index (κ1) is 14.0. The van der Waals surface area contributed by atoms with Crippen LogP contribution in [0.5, 0.6) is 0 Å². The number of imide groups is 2. The number of hydrogen-bond donors (Lipinski definition) is 0. The maximum absolute atomic E-state index is 11.2. The molecule has 0 aliphatic carbocycles. The normalized spacial score (nSPS) is 9.25. The molecule has 0 spiro atoms. The Hall–Kier alpha value is -1.98. The Bertz CT molecular complexity index is 311. The molecule has 0 saturated heterocycles. The van der Waals surface area contributed by atoms with Crippen molar-refractivity contribution in [3.63, 3.8) is 0 Å². The summed E-state index contributed by atoms with van der Waals surface area (Å²) >= 11 is 0. The number of rotatable bonds is 2. The van der Waals surface area contributed by atoms with Gasteiger partial charge in [-0.1, -0.05) is 6.58 Å². The first-order valence-electron chi connectivity index (χ1n) is 4.51. The third kappa shape index (κ3) is 3.01. The van der Waals surface area contributed by atoms with Crippen LogP contribution in [0.1, 0.15) is 27.7 Å². The Morgan fingerprint density at radius 1 is 0.688 bits per heavy atom. The predicted molar refractivity (Wildman–Crippen MR) is 55.5 cm³/mol. The molecule has 0 aliphatic heterocycles. The summed E-state index contributed by atoms with van der Waals surface area (Å²) < 4.78 is 0. The lowest BCUT2D eigenvalue weighted by molar-refractivity contribution is -0.145. The maximum atomic E-state index is 11.2. The van der Waals surface area contributed by atoms with Crippen LogP contribution in [0.4, 0.5) is 0 Å². The Morgan fingerprint density at radius 3 is 1.00 bits per heavy atom. The van der Waals surface area contributed by atoms with E-state index in [1.165, 1.54) is 0 Å². The quantitative estimate of drug-likeness (QED) is 0.676. The SMILES string of the molecule is C=C(N(C(C)=O)C(C)=O)N(C(C)=O)C(C)=O. The van der Waals surface area contributed by atoms with Gasteiger partial charge < -0.3 is 0 Å². The smallest absolute Gasteiger partial charge is 0.231 e. The highest BCUT2D eigenvalue weighted by Crippen LogP contribution is 2.10. The average molecular weight is 226 g/mol. The number of carbonyl (C=O) groups is 4. The Labute approximate surface area is 93.5 Å². The molecule has 0 aromatic rings. The van der Waals surface area contributed by atoms with Crippen LogP contribution in [0.2, 0.25) is 0 Å². The summed E-state index contributed by atoms with van der Waals surface area (Å²) in [5.41, 5.74) is 0. The zero-order chi connectivity index (χ0) is 13.0. The highest BCUT2D eigenvalue weighted by molar-refractivity contribution is 6.00. The van der Waals surface area contributed by atoms with Crippen LogP contribution in [0.15, 0.2) is 12.4 Å². The highest BCUT2D eigenvalue weighted by Gasteiger charge is 2.26. The second kappa shape index (κ2) is 5.20. The van der Waals surface area contributed by atoms with Crippen LogP contribution >= 0.6 is 0 Å². The standard InChI is InChI=1S/C10H14N2O4/c1-6(11(7(2)13)8(3)14)12(9(4)15)10(5)16/h1H2,2-5H3. The van der Waals surface area contributed by atoms with E-state index in [1.54, 1.807) is 0 Å². The molecule has 6 heteroatoms. The van der Waals surface area contributed by atoms with E-state index in [9.17, 15) is 19.2 Å². The van der Waals surface area contributed by atoms with Crippen molar-refractivity contribution >= 4 is 23.6 Å². The maximum Gasteiger partial charge on any atom is 0.231 e. The lowest BCUT2D eigenvalue weighted by Gasteiger charge is -2.26. The average Bonchev–Trinajstić information content (AvgIpc) is 1.99. The van der Waals surface area contributed by atoms with Crippen LogP contribution in [-0.4, -0.2) is 33.4 Å². The van der Waals surface area contributed by atoms with Gasteiger partial charge in [-0.05, 0) is 0 Å². The second-order valence-electron chi connectivity index (χ2n) is 3.16. The molecule has 0 aromatic carbocycles. The molecule has 0 atom stereocenters. The topological polar surface area (TPSA) is 74.8 Å². The van der Waals surface area contributed by atoms with E-state index in [0.717, 1.165) is 27.7 Å². The first-order chi connectivity index (χ1) is 7.20. The van der Waals surface area contributed by atoms with E-state index < -0.39 is 23.6 Å². The van der Waals surface area contributed by atoms with Gasteiger partial charge in [0.2, 0.25) is 23.6 Å². The molecule has 0 aliphatic rings. The largest absolute Gasteiger partial charge is 0.274 e. The van der Waals surface area contributed by atoms with Crippen LogP contribution < -0.4 is 0 Å². The summed E-state index contributed by atoms with van der Waals surface area (Å²) in [6.07, 6.45) is 0. The van der Waals surface area contributed by atoms with Crippen molar-refractivity contribution in [3.05, 3.63) is 12.4 Å². The summed E-state index contributed by atoms with van der Waals surface area (Å²) in [5, 5.41) is 0. The van der Waals surface area contributed by atoms with Gasteiger partial charge in [-0.3, -0.25) is 19.2 Å². The van der Waals surface area contributed by atoms with E-state index >= 15 is 0 Å². The second-order valence-corrected chi connectivity index (χ2v) is 3.16. The fraction of sp³-hybridized carbons (Fsp3) is 0.400. The molecule has 0 heterocycles. The Balaban J connectivity index is 5.28. The third-order valence-electron chi connectivity index (χ3n) is 1.78. The molecule has 16 heavy (non-hydrogen) atoms. The first-order valence-corrected chi connectivity index (χ1v) is 4.51. The van der Waals surface area contributed by atoms with Gasteiger partial charge in [-0.15, -0.1) is 0 Å². The lowest BCUT2D eigenvalue weighted by Crippen LogP contribution is -2.44. The third-order valence-corrected chi connectivity index (χ3v) is 1.78. The highest BCUT2D eigenvalue weighted by atomic mass is 16.2. The van der Waals surface area contributed by atoms with Gasteiger partial charge in [0.05, 0.1) is 0 Å². The van der Waals surface area contributed by atoms with E-state index in [0.29, 0.717) is 9.80 Å². The van der Waals surface area contributed by atoms with Crippen molar-refractivity contribution in [1.29, 1.82) is 0 Å². The molecule has 0 saturated carbocycles. The van der Waals surface area contributed by atoms with E-state index in [2.05, 4.69) is 6.58 Å². The van der Waals surface area contributed by atoms with E-state index in [4.69, 9.17) is 0 Å². The molecule has 0 radical (unpaired) electrons. The zero-order valence-corrected chi connectivity index (χ0v) is 9.73. The molecule has 6 nitrogen and oxygen atoms in total. The molecule has 0 bridgehead atoms. The minimum Gasteiger partial charge on any atom is -0.274 e. The van der Waals surface area contributed by atoms with E-state index in [1.807, 2.05) is 0 Å². The molecule has 0 N–H and O–H groups in total. The van der Waals surface area contributed by atoms with Gasteiger partial charge in [0.1, 0.15) is 5.82 Å². The summed E-state index contributed by atoms with van der Waals surface area (Å²) in [6.45, 7) is 7.98. The van der Waals surface area contributed by atoms with Gasteiger partial charge >= 0.3 is 0 Å². The van der Waals surface area contributed by atoms with Crippen LogP contribution in [-0.2, 0) is 19.2 Å². The summed E-state index contributed by atoms with van der Waals surface area (Å²) in [5.74, 6) is -2.68. The van der Waals surface area contributed by atoms with Crippen molar-refractivity contribution in [1.82, 2.24) is 9.80 Å². The van der Waals surface area contributed by atoms with Crippen molar-refractivity contribution in [2.75, 3.05) is 0 Å². The zero-order valence-electron chi connectivity index (χ0n) is 9.73. The van der Waals surface area contributed by atoms with Crippen LogP contribution in [0.25, 0.3) is 0 Å². The summed E-state index contributed by atoms with van der Waals surface area (Å²) in [6, 6.07) is 0. The van der Waals surface area contributed by atoms with Crippen molar-refractivity contribution in [2.45, 2.75) is 27.7 Å². The number of carbonyl (C=O) groups excluding carboxylic acids is 4. The molecule has 0 rings (SSSR count). The van der Waals surface area contributed by atoms with Crippen molar-refractivity contribution in [2.24, 2.45) is 0 Å². The molecular formula is C10H14N2O4. The number of nitrogens with zero attached hydrogens (tertiary/aromatic N) is 2. The van der Waals surface area contributed by atoms with Gasteiger partial charge in [0.15, 0.2) is 0 Å². The Morgan fingerprint density at radius 2 is 0.875 bits per heavy atom. The minimum atomic E-state index is -0.606. The van der Waals surface area contributed by atoms with Crippen molar-refractivity contribution in [3.8, 4) is 0 Å². The van der Waals surface area contributed by atoms with Crippen LogP contribution in [0, 0.1) is 0 Å². The molecule has 0 unspecified atom stereocenters. The molecule has 0 fully saturated rings. The lowest BCUT2D eigenvalue weighted by atomic mass is 10.4. The van der Waals surface area contributed by atoms with Gasteiger partial charge in [0.25, 0.3) is 0 Å². The van der Waals surface area contributed by atoms with Crippen LogP contribution in [0.3, 0.4) is 0 Å². The van der Waals surface area contributed by atoms with Gasteiger partial charge in [0, 0.05) is 27.7 Å². The molecule has 0 aromatic heterocycles. The number of hydrogen-bond acceptors (Lipinski definition) is 4. The molecular weight excluding hydrogens is 212 g/mol. The number of amides is 4. The fourth-order valence-corrected chi connectivity index (χ4v) is 1.27. The Kier molecular flexibility index (Phi) is 4.56. The van der Waals surface area contributed by atoms with Gasteiger partial charge in [-0.2, -0.15) is 0 Å². The van der Waals surface area contributed by atoms with Crippen molar-refractivity contribution < 1.29 is 19.2 Å². The monoisotopic (exact) mass is 226 g/mol. The molecule has 4 amide bonds.